The zero-order valence-corrected chi connectivity index (χ0v) is 17.9. The Morgan fingerprint density at radius 3 is 2.68 bits per heavy atom. The minimum atomic E-state index is -0.807. The van der Waals surface area contributed by atoms with Crippen molar-refractivity contribution < 1.29 is 27.8 Å². The Morgan fingerprint density at radius 1 is 1.32 bits per heavy atom. The van der Waals surface area contributed by atoms with E-state index < -0.39 is 23.8 Å². The number of hydrogen-bond donors (Lipinski definition) is 3. The summed E-state index contributed by atoms with van der Waals surface area (Å²) in [7, 11) is 2.91. The Labute approximate surface area is 183 Å². The first-order valence-corrected chi connectivity index (χ1v) is 10.0. The van der Waals surface area contributed by atoms with Crippen LogP contribution in [0.4, 0.5) is 29.7 Å². The van der Waals surface area contributed by atoms with E-state index in [1.165, 1.54) is 24.1 Å². The largest absolute Gasteiger partial charge is 0.474 e. The highest BCUT2D eigenvalue weighted by atomic mass is 32.1. The van der Waals surface area contributed by atoms with Crippen molar-refractivity contribution in [1.82, 2.24) is 21.1 Å². The normalized spacial score (nSPS) is 19.0. The van der Waals surface area contributed by atoms with Gasteiger partial charge in [-0.2, -0.15) is 0 Å². The molecule has 10 nitrogen and oxygen atoms in total. The molecular formula is C18H24F2N6O4S. The molecule has 3 N–H and O–H groups in total. The molecule has 0 radical (unpaired) electrons. The maximum Gasteiger partial charge on any atom is 0.414 e. The number of urea groups is 1. The number of carbonyl (C=O) groups is 2. The van der Waals surface area contributed by atoms with E-state index in [0.29, 0.717) is 13.1 Å². The van der Waals surface area contributed by atoms with Gasteiger partial charge in [0.25, 0.3) is 5.17 Å². The van der Waals surface area contributed by atoms with Gasteiger partial charge in [-0.3, -0.25) is 9.91 Å². The Hall–Kier alpha value is -2.93. The Morgan fingerprint density at radius 2 is 2.03 bits per heavy atom. The number of hydrogen-bond acceptors (Lipinski definition) is 7. The Balaban J connectivity index is 1.71. The first-order valence-electron chi connectivity index (χ1n) is 9.60. The average molecular weight is 458 g/mol. The minimum absolute atomic E-state index is 0.0560. The van der Waals surface area contributed by atoms with Gasteiger partial charge < -0.3 is 25.0 Å². The van der Waals surface area contributed by atoms with Gasteiger partial charge in [-0.15, -0.1) is 0 Å². The summed E-state index contributed by atoms with van der Waals surface area (Å²) in [6.45, 7) is 1.39. The summed E-state index contributed by atoms with van der Waals surface area (Å²) in [5.74, 6) is -1.61. The van der Waals surface area contributed by atoms with Crippen molar-refractivity contribution in [1.29, 1.82) is 0 Å². The van der Waals surface area contributed by atoms with Crippen LogP contribution in [0.25, 0.3) is 0 Å². The molecule has 0 aliphatic carbocycles. The molecule has 2 aliphatic rings. The van der Waals surface area contributed by atoms with Crippen LogP contribution >= 0.6 is 12.2 Å². The molecular weight excluding hydrogens is 434 g/mol. The molecule has 3 rings (SSSR count). The van der Waals surface area contributed by atoms with E-state index in [-0.39, 0.29) is 48.8 Å². The van der Waals surface area contributed by atoms with Crippen LogP contribution in [-0.2, 0) is 9.47 Å². The number of benzene rings is 1. The first-order chi connectivity index (χ1) is 14.8. The molecule has 1 aromatic rings. The van der Waals surface area contributed by atoms with Gasteiger partial charge in [0.1, 0.15) is 11.8 Å². The zero-order valence-electron chi connectivity index (χ0n) is 17.1. The van der Waals surface area contributed by atoms with Gasteiger partial charge in [-0.25, -0.2) is 23.8 Å². The van der Waals surface area contributed by atoms with E-state index >= 15 is 0 Å². The summed E-state index contributed by atoms with van der Waals surface area (Å²) in [5.41, 5.74) is 2.75. The number of carbonyl (C=O) groups excluding carboxylic acids is 2. The highest BCUT2D eigenvalue weighted by Crippen LogP contribution is 2.31. The lowest BCUT2D eigenvalue weighted by atomic mass is 10.2. The third-order valence-electron chi connectivity index (χ3n) is 4.90. The quantitative estimate of drug-likeness (QED) is 0.570. The number of anilines is 2. The number of hydrazine groups is 1. The van der Waals surface area contributed by atoms with Crippen LogP contribution in [0.2, 0.25) is 0 Å². The topological polar surface area (TPSA) is 98.4 Å². The molecule has 2 fully saturated rings. The summed E-state index contributed by atoms with van der Waals surface area (Å²) >= 11 is 4.87. The number of nitrogens with zero attached hydrogens (tertiary/aromatic N) is 3. The van der Waals surface area contributed by atoms with Crippen molar-refractivity contribution in [2.75, 3.05) is 63.2 Å². The van der Waals surface area contributed by atoms with Crippen molar-refractivity contribution in [3.63, 3.8) is 0 Å². The summed E-state index contributed by atoms with van der Waals surface area (Å²) < 4.78 is 39.8. The lowest BCUT2D eigenvalue weighted by molar-refractivity contribution is 0.142. The van der Waals surface area contributed by atoms with Crippen LogP contribution in [0, 0.1) is 11.6 Å². The maximum atomic E-state index is 14.9. The van der Waals surface area contributed by atoms with E-state index in [4.69, 9.17) is 21.7 Å². The predicted octanol–water partition coefficient (Wildman–Crippen LogP) is 0.777. The molecule has 2 heterocycles. The van der Waals surface area contributed by atoms with E-state index in [0.717, 1.165) is 17.0 Å². The van der Waals surface area contributed by atoms with Crippen LogP contribution in [0.3, 0.4) is 0 Å². The van der Waals surface area contributed by atoms with Gasteiger partial charge in [-0.1, -0.05) is 0 Å². The van der Waals surface area contributed by atoms with Crippen molar-refractivity contribution in [2.24, 2.45) is 0 Å². The van der Waals surface area contributed by atoms with Crippen LogP contribution < -0.4 is 25.9 Å². The van der Waals surface area contributed by atoms with Crippen molar-refractivity contribution >= 4 is 40.9 Å². The summed E-state index contributed by atoms with van der Waals surface area (Å²) in [5, 5.41) is 6.78. The number of halogens is 2. The smallest absolute Gasteiger partial charge is 0.414 e. The fourth-order valence-electron chi connectivity index (χ4n) is 3.38. The maximum absolute atomic E-state index is 14.9. The molecule has 1 aromatic carbocycles. The molecule has 170 valence electrons. The van der Waals surface area contributed by atoms with Crippen LogP contribution in [-0.4, -0.2) is 81.8 Å². The molecule has 2 aliphatic heterocycles. The number of cyclic esters (lactones) is 1. The second kappa shape index (κ2) is 9.92. The second-order valence-electron chi connectivity index (χ2n) is 6.85. The summed E-state index contributed by atoms with van der Waals surface area (Å²) in [4.78, 5) is 26.6. The predicted molar refractivity (Wildman–Crippen MR) is 113 cm³/mol. The van der Waals surface area contributed by atoms with Gasteiger partial charge in [0.2, 0.25) is 0 Å². The number of rotatable bonds is 4. The summed E-state index contributed by atoms with van der Waals surface area (Å²) in [6, 6.07) is 1.87. The van der Waals surface area contributed by atoms with E-state index in [1.54, 1.807) is 0 Å². The molecule has 0 spiro atoms. The molecule has 1 atom stereocenters. The second-order valence-corrected chi connectivity index (χ2v) is 7.22. The molecule has 13 heteroatoms. The number of amides is 3. The minimum Gasteiger partial charge on any atom is -0.474 e. The average Bonchev–Trinajstić information content (AvgIpc) is 2.95. The first kappa shape index (κ1) is 22.7. The molecule has 3 amide bonds. The third kappa shape index (κ3) is 5.22. The van der Waals surface area contributed by atoms with Crippen LogP contribution in [0.1, 0.15) is 0 Å². The molecule has 31 heavy (non-hydrogen) atoms. The van der Waals surface area contributed by atoms with Crippen molar-refractivity contribution in [3.8, 4) is 0 Å². The number of methoxy groups -OCH3 is 1. The van der Waals surface area contributed by atoms with Crippen molar-refractivity contribution in [3.05, 3.63) is 23.8 Å². The lowest BCUT2D eigenvalue weighted by Crippen LogP contribution is -2.47. The summed E-state index contributed by atoms with van der Waals surface area (Å²) in [6.07, 6.45) is -1.26. The standard InChI is InChI=1S/C18H24F2N6O4S/c1-21-16(27)26-6-5-24(4-3-23-26)15-13(19)7-11(8-14(15)20)25-10-12(30-18(25)28)9-22-17(31)29-2/h7-8,12,23H,3-6,9-10H2,1-2H3,(H,21,27)(H,22,31)/t12-/m0/s1. The van der Waals surface area contributed by atoms with Gasteiger partial charge in [0, 0.05) is 38.8 Å². The molecule has 2 saturated heterocycles. The Kier molecular flexibility index (Phi) is 7.28. The number of nitrogens with one attached hydrogen (secondary N) is 3. The molecule has 0 unspecified atom stereocenters. The highest BCUT2D eigenvalue weighted by Gasteiger charge is 2.34. The molecule has 0 bridgehead atoms. The fourth-order valence-corrected chi connectivity index (χ4v) is 3.46. The van der Waals surface area contributed by atoms with Gasteiger partial charge >= 0.3 is 12.1 Å². The highest BCUT2D eigenvalue weighted by molar-refractivity contribution is 7.80. The number of thiocarbonyl (C=S) groups is 1. The van der Waals surface area contributed by atoms with E-state index in [2.05, 4.69) is 16.1 Å². The molecule has 0 aromatic heterocycles. The number of ether oxygens (including phenoxy) is 2. The Bertz CT molecular complexity index is 837. The van der Waals surface area contributed by atoms with Gasteiger partial charge in [0.15, 0.2) is 11.6 Å². The van der Waals surface area contributed by atoms with Gasteiger partial charge in [-0.05, 0) is 12.2 Å². The molecule has 0 saturated carbocycles. The SMILES string of the molecule is CNC(=O)N1CCN(c2c(F)cc(N3C[C@H](CNC(=S)OC)OC3=O)cc2F)CCN1. The monoisotopic (exact) mass is 458 g/mol. The lowest BCUT2D eigenvalue weighted by Gasteiger charge is -2.25. The van der Waals surface area contributed by atoms with E-state index in [1.807, 2.05) is 0 Å². The van der Waals surface area contributed by atoms with Crippen molar-refractivity contribution in [2.45, 2.75) is 6.10 Å². The van der Waals surface area contributed by atoms with Crippen LogP contribution in [0.5, 0.6) is 0 Å². The zero-order chi connectivity index (χ0) is 22.5. The fraction of sp³-hybridized carbons (Fsp3) is 0.500. The van der Waals surface area contributed by atoms with E-state index in [9.17, 15) is 18.4 Å². The van der Waals surface area contributed by atoms with Gasteiger partial charge in [0.05, 0.1) is 32.4 Å². The van der Waals surface area contributed by atoms with Crippen LogP contribution in [0.15, 0.2) is 12.1 Å². The third-order valence-corrected chi connectivity index (χ3v) is 5.21.